The molecule has 526 valence electrons. The minimum atomic E-state index is -0.772. The summed E-state index contributed by atoms with van der Waals surface area (Å²) in [4.78, 5) is 24.7. The Hall–Kier alpha value is -2.66. The van der Waals surface area contributed by atoms with Gasteiger partial charge in [0.25, 0.3) is 0 Å². The Kier molecular flexibility index (Phi) is 78.2. The lowest BCUT2D eigenvalue weighted by atomic mass is 10.0. The van der Waals surface area contributed by atoms with Gasteiger partial charge in [-0.15, -0.1) is 0 Å². The molecule has 0 aliphatic carbocycles. The zero-order valence-electron chi connectivity index (χ0n) is 60.7. The molecule has 1 N–H and O–H groups in total. The highest BCUT2D eigenvalue weighted by atomic mass is 16.6. The third-order valence-corrected chi connectivity index (χ3v) is 18.5. The largest absolute Gasteiger partial charge is 0.462 e. The quantitative estimate of drug-likeness (QED) is 0.0373. The van der Waals surface area contributed by atoms with Crippen molar-refractivity contribution in [2.45, 2.75) is 444 Å². The molecular formula is C85H156O5. The third-order valence-electron chi connectivity index (χ3n) is 18.5. The van der Waals surface area contributed by atoms with Crippen LogP contribution in [0.25, 0.3) is 0 Å². The van der Waals surface area contributed by atoms with Crippen LogP contribution in [-0.4, -0.2) is 36.4 Å². The van der Waals surface area contributed by atoms with E-state index in [1.165, 1.54) is 347 Å². The van der Waals surface area contributed by atoms with E-state index in [1.54, 1.807) is 0 Å². The number of hydrogen-bond acceptors (Lipinski definition) is 5. The van der Waals surface area contributed by atoms with Crippen LogP contribution in [0.4, 0.5) is 0 Å². The second-order valence-electron chi connectivity index (χ2n) is 27.5. The van der Waals surface area contributed by atoms with Crippen LogP contribution in [0.3, 0.4) is 0 Å². The molecule has 90 heavy (non-hydrogen) atoms. The van der Waals surface area contributed by atoms with Gasteiger partial charge in [0.05, 0.1) is 6.61 Å². The first-order chi connectivity index (χ1) is 44.6. The molecule has 1 atom stereocenters. The molecule has 0 radical (unpaired) electrons. The van der Waals surface area contributed by atoms with E-state index in [9.17, 15) is 14.7 Å². The van der Waals surface area contributed by atoms with E-state index in [4.69, 9.17) is 9.47 Å². The maximum Gasteiger partial charge on any atom is 0.306 e. The van der Waals surface area contributed by atoms with Crippen molar-refractivity contribution < 1.29 is 24.2 Å². The Labute approximate surface area is 563 Å². The lowest BCUT2D eigenvalue weighted by Gasteiger charge is -2.15. The molecule has 0 aromatic rings. The van der Waals surface area contributed by atoms with Crippen molar-refractivity contribution >= 4 is 11.9 Å². The van der Waals surface area contributed by atoms with Gasteiger partial charge in [0.2, 0.25) is 0 Å². The van der Waals surface area contributed by atoms with Gasteiger partial charge in [0.15, 0.2) is 6.10 Å². The smallest absolute Gasteiger partial charge is 0.306 e. The molecule has 1 unspecified atom stereocenters. The standard InChI is InChI=1S/C85H156O5/c1-3-5-7-9-11-13-15-17-19-21-23-25-27-29-31-33-35-37-39-41-42-44-46-48-50-52-54-56-58-60-62-64-66-68-70-72-74-76-78-80-85(88)90-83(81-86)82-89-84(87)79-77-75-73-71-69-67-65-63-61-59-57-55-53-51-49-47-45-43-40-38-36-34-32-30-28-26-24-22-20-18-16-14-12-10-8-6-4-2/h15-18,21-24,27-30,83,86H,3-14,19-20,25-26,31-82H2,1-2H3/b17-15-,18-16-,23-21-,24-22-,29-27-,30-28-. The number of carbonyl (C=O) groups excluding carboxylic acids is 2. The average Bonchev–Trinajstić information content (AvgIpc) is 3.59. The average molecular weight is 1260 g/mol. The van der Waals surface area contributed by atoms with Crippen molar-refractivity contribution in [2.75, 3.05) is 13.2 Å². The fourth-order valence-electron chi connectivity index (χ4n) is 12.4. The molecule has 0 aliphatic heterocycles. The van der Waals surface area contributed by atoms with E-state index in [1.807, 2.05) is 0 Å². The summed E-state index contributed by atoms with van der Waals surface area (Å²) < 4.78 is 10.8. The fraction of sp³-hybridized carbons (Fsp3) is 0.835. The van der Waals surface area contributed by atoms with E-state index in [2.05, 4.69) is 86.8 Å². The van der Waals surface area contributed by atoms with Gasteiger partial charge in [-0.2, -0.15) is 0 Å². The minimum Gasteiger partial charge on any atom is -0.462 e. The lowest BCUT2D eigenvalue weighted by Crippen LogP contribution is -2.28. The highest BCUT2D eigenvalue weighted by molar-refractivity contribution is 5.70. The summed E-state index contributed by atoms with van der Waals surface area (Å²) in [7, 11) is 0. The maximum absolute atomic E-state index is 12.4. The monoisotopic (exact) mass is 1260 g/mol. The highest BCUT2D eigenvalue weighted by Crippen LogP contribution is 2.20. The Morgan fingerprint density at radius 3 is 0.667 bits per heavy atom. The maximum atomic E-state index is 12.4. The summed E-state index contributed by atoms with van der Waals surface area (Å²) in [5, 5.41) is 9.73. The van der Waals surface area contributed by atoms with Crippen molar-refractivity contribution in [3.05, 3.63) is 72.9 Å². The Morgan fingerprint density at radius 1 is 0.256 bits per heavy atom. The van der Waals surface area contributed by atoms with Crippen LogP contribution in [0.2, 0.25) is 0 Å². The summed E-state index contributed by atoms with van der Waals surface area (Å²) in [6, 6.07) is 0. The van der Waals surface area contributed by atoms with E-state index in [-0.39, 0.29) is 25.2 Å². The number of carbonyl (C=O) groups is 2. The number of esters is 2. The SMILES string of the molecule is CCCCCCC/C=C\C/C=C\C/C=C\CCCCCCCCCCCCCCCCCCCCCCCCCCC(=O)OC(CO)COC(=O)CCCCCCCCCCCCCCCCCCCCCCCC/C=C\C/C=C\C/C=C\CCCCCCC. The summed E-state index contributed by atoms with van der Waals surface area (Å²) in [6.07, 6.45) is 113. The van der Waals surface area contributed by atoms with Crippen LogP contribution in [0, 0.1) is 0 Å². The van der Waals surface area contributed by atoms with E-state index >= 15 is 0 Å². The van der Waals surface area contributed by atoms with Gasteiger partial charge in [-0.1, -0.05) is 408 Å². The third kappa shape index (κ3) is 77.8. The van der Waals surface area contributed by atoms with Crippen LogP contribution >= 0.6 is 0 Å². The van der Waals surface area contributed by atoms with E-state index < -0.39 is 6.10 Å². The van der Waals surface area contributed by atoms with Crippen molar-refractivity contribution in [1.29, 1.82) is 0 Å². The number of aliphatic hydroxyl groups excluding tert-OH is 1. The molecule has 0 aliphatic rings. The lowest BCUT2D eigenvalue weighted by molar-refractivity contribution is -0.161. The Morgan fingerprint density at radius 2 is 0.444 bits per heavy atom. The first kappa shape index (κ1) is 87.3. The number of unbranched alkanes of at least 4 members (excludes halogenated alkanes) is 56. The second-order valence-corrected chi connectivity index (χ2v) is 27.5. The molecule has 5 heteroatoms. The van der Waals surface area contributed by atoms with Gasteiger partial charge in [0, 0.05) is 12.8 Å². The number of ether oxygens (including phenoxy) is 2. The van der Waals surface area contributed by atoms with Gasteiger partial charge >= 0.3 is 11.9 Å². The molecule has 0 heterocycles. The molecule has 5 nitrogen and oxygen atoms in total. The van der Waals surface area contributed by atoms with Crippen molar-refractivity contribution in [2.24, 2.45) is 0 Å². The van der Waals surface area contributed by atoms with E-state index in [0.717, 1.165) is 64.2 Å². The summed E-state index contributed by atoms with van der Waals surface area (Å²) in [6.45, 7) is 4.17. The van der Waals surface area contributed by atoms with E-state index in [0.29, 0.717) is 12.8 Å². The molecule has 0 spiro atoms. The zero-order chi connectivity index (χ0) is 64.7. The van der Waals surface area contributed by atoms with Crippen molar-refractivity contribution in [3.63, 3.8) is 0 Å². The van der Waals surface area contributed by atoms with Gasteiger partial charge in [-0.05, 0) is 89.9 Å². The van der Waals surface area contributed by atoms with Crippen molar-refractivity contribution in [1.82, 2.24) is 0 Å². The summed E-state index contributed by atoms with van der Waals surface area (Å²) >= 11 is 0. The summed E-state index contributed by atoms with van der Waals surface area (Å²) in [5.74, 6) is -0.566. The van der Waals surface area contributed by atoms with Crippen LogP contribution < -0.4 is 0 Å². The van der Waals surface area contributed by atoms with Gasteiger partial charge in [0.1, 0.15) is 6.61 Å². The summed E-state index contributed by atoms with van der Waals surface area (Å²) in [5.41, 5.74) is 0. The van der Waals surface area contributed by atoms with Gasteiger partial charge in [-0.25, -0.2) is 0 Å². The Balaban J connectivity index is 3.38. The van der Waals surface area contributed by atoms with Gasteiger partial charge in [-0.3, -0.25) is 9.59 Å². The molecule has 0 fully saturated rings. The zero-order valence-corrected chi connectivity index (χ0v) is 60.7. The van der Waals surface area contributed by atoms with Crippen LogP contribution in [0.15, 0.2) is 72.9 Å². The first-order valence-electron chi connectivity index (χ1n) is 40.5. The van der Waals surface area contributed by atoms with Gasteiger partial charge < -0.3 is 14.6 Å². The molecule has 0 rings (SSSR count). The number of hydrogen-bond donors (Lipinski definition) is 1. The number of rotatable bonds is 76. The normalized spacial score (nSPS) is 12.5. The predicted octanol–water partition coefficient (Wildman–Crippen LogP) is 28.6. The van der Waals surface area contributed by atoms with Crippen LogP contribution in [0.5, 0.6) is 0 Å². The second kappa shape index (κ2) is 80.6. The predicted molar refractivity (Wildman–Crippen MR) is 399 cm³/mol. The molecule has 0 aromatic heterocycles. The molecule has 0 amide bonds. The molecule has 0 saturated heterocycles. The molecule has 0 aromatic carbocycles. The van der Waals surface area contributed by atoms with Crippen molar-refractivity contribution in [3.8, 4) is 0 Å². The van der Waals surface area contributed by atoms with Crippen LogP contribution in [0.1, 0.15) is 438 Å². The minimum absolute atomic E-state index is 0.0607. The first-order valence-corrected chi connectivity index (χ1v) is 40.5. The molecule has 0 bridgehead atoms. The topological polar surface area (TPSA) is 72.8 Å². The highest BCUT2D eigenvalue weighted by Gasteiger charge is 2.16. The van der Waals surface area contributed by atoms with Crippen LogP contribution in [-0.2, 0) is 19.1 Å². The molecular weight excluding hydrogens is 1100 g/mol. The fourth-order valence-corrected chi connectivity index (χ4v) is 12.4. The molecule has 0 saturated carbocycles. The number of aliphatic hydroxyl groups is 1. The number of allylic oxidation sites excluding steroid dienone is 12. The Bertz CT molecular complexity index is 1570.